The number of amides is 1. The van der Waals surface area contributed by atoms with Crippen molar-refractivity contribution in [3.63, 3.8) is 0 Å². The zero-order chi connectivity index (χ0) is 6.69. The Morgan fingerprint density at radius 3 is 2.89 bits per heavy atom. The number of thiophene rings is 1. The number of anilines is 1. The molecule has 1 heterocycles. The van der Waals surface area contributed by atoms with Gasteiger partial charge in [-0.25, -0.2) is 0 Å². The first-order chi connectivity index (χ1) is 4.34. The zero-order valence-electron chi connectivity index (χ0n) is 5.05. The van der Waals surface area contributed by atoms with E-state index in [0.717, 1.165) is 11.3 Å². The average Bonchev–Trinajstić information content (AvgIpc) is 2.18. The van der Waals surface area contributed by atoms with Crippen LogP contribution in [0, 0.1) is 6.92 Å². The Balaban J connectivity index is 2.80. The molecule has 0 atom stereocenters. The van der Waals surface area contributed by atoms with Gasteiger partial charge in [-0.15, -0.1) is 11.3 Å². The molecule has 3 heteroatoms. The third-order valence-corrected chi connectivity index (χ3v) is 1.93. The minimum atomic E-state index is 0.690. The quantitative estimate of drug-likeness (QED) is 0.623. The van der Waals surface area contributed by atoms with Crippen LogP contribution in [0.25, 0.3) is 0 Å². The van der Waals surface area contributed by atoms with E-state index in [-0.39, 0.29) is 0 Å². The van der Waals surface area contributed by atoms with E-state index in [1.807, 2.05) is 17.7 Å². The number of nitrogens with one attached hydrogen (secondary N) is 1. The Hall–Kier alpha value is -0.830. The molecular formula is C6H7NOS. The maximum absolute atomic E-state index is 9.92. The molecule has 0 saturated carbocycles. The van der Waals surface area contributed by atoms with E-state index < -0.39 is 0 Å². The predicted octanol–water partition coefficient (Wildman–Crippen LogP) is 1.62. The molecule has 48 valence electrons. The first-order valence-corrected chi connectivity index (χ1v) is 3.52. The number of hydrogen-bond donors (Lipinski definition) is 1. The van der Waals surface area contributed by atoms with E-state index in [2.05, 4.69) is 5.32 Å². The minimum absolute atomic E-state index is 0.690. The first-order valence-electron chi connectivity index (χ1n) is 2.57. The van der Waals surface area contributed by atoms with Crippen LogP contribution in [0.3, 0.4) is 0 Å². The Bertz CT molecular complexity index is 207. The highest BCUT2D eigenvalue weighted by Crippen LogP contribution is 2.17. The molecule has 0 aliphatic rings. The van der Waals surface area contributed by atoms with E-state index in [9.17, 15) is 4.79 Å². The van der Waals surface area contributed by atoms with Gasteiger partial charge in [0.2, 0.25) is 6.41 Å². The topological polar surface area (TPSA) is 29.1 Å². The van der Waals surface area contributed by atoms with Crippen LogP contribution < -0.4 is 5.32 Å². The number of carbonyl (C=O) groups is 1. The Kier molecular flexibility index (Phi) is 1.85. The van der Waals surface area contributed by atoms with Crippen molar-refractivity contribution in [2.75, 3.05) is 5.32 Å². The molecule has 0 spiro atoms. The van der Waals surface area contributed by atoms with Crippen LogP contribution in [0.15, 0.2) is 10.8 Å². The van der Waals surface area contributed by atoms with Gasteiger partial charge in [-0.1, -0.05) is 0 Å². The Labute approximate surface area is 57.5 Å². The third kappa shape index (κ3) is 1.29. The van der Waals surface area contributed by atoms with Gasteiger partial charge < -0.3 is 5.32 Å². The summed E-state index contributed by atoms with van der Waals surface area (Å²) in [5.41, 5.74) is 2.03. The highest BCUT2D eigenvalue weighted by molar-refractivity contribution is 7.08. The van der Waals surface area contributed by atoms with Gasteiger partial charge in [0.05, 0.1) is 5.69 Å². The maximum Gasteiger partial charge on any atom is 0.211 e. The largest absolute Gasteiger partial charge is 0.328 e. The first kappa shape index (κ1) is 6.29. The van der Waals surface area contributed by atoms with Crippen LogP contribution in [0.4, 0.5) is 5.69 Å². The van der Waals surface area contributed by atoms with E-state index >= 15 is 0 Å². The second-order valence-corrected chi connectivity index (χ2v) is 2.47. The van der Waals surface area contributed by atoms with Crippen molar-refractivity contribution in [2.24, 2.45) is 0 Å². The molecule has 1 aromatic heterocycles. The predicted molar refractivity (Wildman–Crippen MR) is 38.7 cm³/mol. The van der Waals surface area contributed by atoms with Crippen LogP contribution in [0.2, 0.25) is 0 Å². The molecule has 0 unspecified atom stereocenters. The van der Waals surface area contributed by atoms with Crippen molar-refractivity contribution >= 4 is 23.4 Å². The minimum Gasteiger partial charge on any atom is -0.328 e. The van der Waals surface area contributed by atoms with Crippen LogP contribution in [-0.4, -0.2) is 6.41 Å². The summed E-state index contributed by atoms with van der Waals surface area (Å²) in [6.45, 7) is 1.96. The molecule has 9 heavy (non-hydrogen) atoms. The van der Waals surface area contributed by atoms with Gasteiger partial charge in [-0.05, 0) is 17.9 Å². The van der Waals surface area contributed by atoms with E-state index in [4.69, 9.17) is 0 Å². The normalized spacial score (nSPS) is 9.00. The number of hydrogen-bond acceptors (Lipinski definition) is 2. The molecule has 1 aromatic rings. The molecule has 0 radical (unpaired) electrons. The zero-order valence-corrected chi connectivity index (χ0v) is 5.87. The molecule has 0 fully saturated rings. The van der Waals surface area contributed by atoms with Crippen LogP contribution in [0.5, 0.6) is 0 Å². The van der Waals surface area contributed by atoms with Crippen molar-refractivity contribution < 1.29 is 4.79 Å². The van der Waals surface area contributed by atoms with Crippen molar-refractivity contribution in [3.05, 3.63) is 16.3 Å². The highest BCUT2D eigenvalue weighted by atomic mass is 32.1. The van der Waals surface area contributed by atoms with Gasteiger partial charge in [0, 0.05) is 5.38 Å². The van der Waals surface area contributed by atoms with Crippen molar-refractivity contribution in [3.8, 4) is 0 Å². The van der Waals surface area contributed by atoms with Crippen molar-refractivity contribution in [1.29, 1.82) is 0 Å². The van der Waals surface area contributed by atoms with Gasteiger partial charge >= 0.3 is 0 Å². The average molecular weight is 141 g/mol. The molecule has 2 nitrogen and oxygen atoms in total. The van der Waals surface area contributed by atoms with Crippen LogP contribution >= 0.6 is 11.3 Å². The smallest absolute Gasteiger partial charge is 0.211 e. The lowest BCUT2D eigenvalue weighted by atomic mass is 10.3. The fourth-order valence-corrected chi connectivity index (χ4v) is 1.36. The highest BCUT2D eigenvalue weighted by Gasteiger charge is 1.93. The molecule has 1 amide bonds. The van der Waals surface area contributed by atoms with Gasteiger partial charge in [-0.2, -0.15) is 0 Å². The molecule has 0 bridgehead atoms. The summed E-state index contributed by atoms with van der Waals surface area (Å²) in [5.74, 6) is 0. The number of rotatable bonds is 2. The molecule has 1 rings (SSSR count). The summed E-state index contributed by atoms with van der Waals surface area (Å²) >= 11 is 1.58. The van der Waals surface area contributed by atoms with Crippen molar-refractivity contribution in [2.45, 2.75) is 6.92 Å². The van der Waals surface area contributed by atoms with E-state index in [0.29, 0.717) is 6.41 Å². The van der Waals surface area contributed by atoms with Gasteiger partial charge in [-0.3, -0.25) is 4.79 Å². The lowest BCUT2D eigenvalue weighted by Gasteiger charge is -1.91. The lowest BCUT2D eigenvalue weighted by molar-refractivity contribution is -0.105. The fraction of sp³-hybridized carbons (Fsp3) is 0.167. The summed E-state index contributed by atoms with van der Waals surface area (Å²) < 4.78 is 0. The maximum atomic E-state index is 9.92. The van der Waals surface area contributed by atoms with Crippen LogP contribution in [0.1, 0.15) is 5.56 Å². The number of aryl methyl sites for hydroxylation is 1. The summed E-state index contributed by atoms with van der Waals surface area (Å²) in [6, 6.07) is 0. The monoisotopic (exact) mass is 141 g/mol. The Morgan fingerprint density at radius 1 is 1.67 bits per heavy atom. The standard InChI is InChI=1S/C6H7NOS/c1-5-2-9-3-6(5)7-4-8/h2-4H,1H3,(H,7,8). The Morgan fingerprint density at radius 2 is 2.44 bits per heavy atom. The molecule has 0 aromatic carbocycles. The van der Waals surface area contributed by atoms with Gasteiger partial charge in [0.1, 0.15) is 0 Å². The van der Waals surface area contributed by atoms with E-state index in [1.165, 1.54) is 0 Å². The molecular weight excluding hydrogens is 134 g/mol. The third-order valence-electron chi connectivity index (χ3n) is 1.07. The SMILES string of the molecule is Cc1cscc1NC=O. The second-order valence-electron chi connectivity index (χ2n) is 1.73. The summed E-state index contributed by atoms with van der Waals surface area (Å²) in [6.07, 6.45) is 0.690. The van der Waals surface area contributed by atoms with Crippen LogP contribution in [-0.2, 0) is 4.79 Å². The molecule has 0 aliphatic carbocycles. The van der Waals surface area contributed by atoms with Gasteiger partial charge in [0.25, 0.3) is 0 Å². The van der Waals surface area contributed by atoms with E-state index in [1.54, 1.807) is 11.3 Å². The lowest BCUT2D eigenvalue weighted by Crippen LogP contribution is -1.92. The second kappa shape index (κ2) is 2.64. The molecule has 0 aliphatic heterocycles. The summed E-state index contributed by atoms with van der Waals surface area (Å²) in [4.78, 5) is 9.92. The fourth-order valence-electron chi connectivity index (χ4n) is 0.572. The van der Waals surface area contributed by atoms with Crippen molar-refractivity contribution in [1.82, 2.24) is 0 Å². The number of carbonyl (C=O) groups excluding carboxylic acids is 1. The summed E-state index contributed by atoms with van der Waals surface area (Å²) in [5, 5.41) is 6.48. The van der Waals surface area contributed by atoms with Gasteiger partial charge in [0.15, 0.2) is 0 Å². The summed E-state index contributed by atoms with van der Waals surface area (Å²) in [7, 11) is 0. The molecule has 1 N–H and O–H groups in total. The molecule has 0 saturated heterocycles.